The first-order valence-electron chi connectivity index (χ1n) is 7.90. The van der Waals surface area contributed by atoms with Gasteiger partial charge in [-0.3, -0.25) is 9.80 Å². The highest BCUT2D eigenvalue weighted by Crippen LogP contribution is 2.16. The van der Waals surface area contributed by atoms with Gasteiger partial charge in [-0.05, 0) is 27.9 Å². The molecule has 2 atom stereocenters. The second-order valence-electron chi connectivity index (χ2n) is 6.93. The van der Waals surface area contributed by atoms with Crippen LogP contribution in [0.25, 0.3) is 0 Å². The molecule has 2 rings (SSSR count). The average Bonchev–Trinajstić information content (AvgIpc) is 2.40. The standard InChI is InChI=1S/C15H30N3O3/c1-15(2)12-18(8-10-21-15)7-9-20-14(19)13-11-16(3)5-6-17(13)4/h13-14H,5-12H2,1-4H3. The first kappa shape index (κ1) is 17.1. The number of hydrogen-bond acceptors (Lipinski definition) is 5. The quantitative estimate of drug-likeness (QED) is 0.675. The summed E-state index contributed by atoms with van der Waals surface area (Å²) in [6.07, 6.45) is -0.966. The fraction of sp³-hybridized carbons (Fsp3) is 1.00. The molecule has 0 aromatic heterocycles. The molecule has 2 aliphatic rings. The van der Waals surface area contributed by atoms with Gasteiger partial charge in [0.15, 0.2) is 0 Å². The molecule has 0 bridgehead atoms. The number of likely N-dealkylation sites (N-methyl/N-ethyl adjacent to an activating group) is 2. The Morgan fingerprint density at radius 3 is 2.76 bits per heavy atom. The van der Waals surface area contributed by atoms with Crippen LogP contribution in [0.15, 0.2) is 0 Å². The number of ether oxygens (including phenoxy) is 2. The predicted molar refractivity (Wildman–Crippen MR) is 80.8 cm³/mol. The summed E-state index contributed by atoms with van der Waals surface area (Å²) >= 11 is 0. The molecule has 123 valence electrons. The number of piperazine rings is 1. The molecule has 0 N–H and O–H groups in total. The van der Waals surface area contributed by atoms with Crippen LogP contribution in [-0.2, 0) is 14.6 Å². The van der Waals surface area contributed by atoms with E-state index in [0.29, 0.717) is 6.61 Å². The molecule has 2 fully saturated rings. The molecule has 21 heavy (non-hydrogen) atoms. The summed E-state index contributed by atoms with van der Waals surface area (Å²) < 4.78 is 11.3. The Kier molecular flexibility index (Phi) is 5.99. The Morgan fingerprint density at radius 2 is 2.05 bits per heavy atom. The van der Waals surface area contributed by atoms with Crippen molar-refractivity contribution in [2.24, 2.45) is 0 Å². The summed E-state index contributed by atoms with van der Waals surface area (Å²) in [5.41, 5.74) is -0.0958. The lowest BCUT2D eigenvalue weighted by Gasteiger charge is -2.40. The van der Waals surface area contributed by atoms with Gasteiger partial charge in [0.1, 0.15) is 0 Å². The topological polar surface area (TPSA) is 48.1 Å². The normalized spacial score (nSPS) is 30.4. The van der Waals surface area contributed by atoms with Crippen LogP contribution >= 0.6 is 0 Å². The zero-order valence-electron chi connectivity index (χ0n) is 13.9. The Morgan fingerprint density at radius 1 is 1.29 bits per heavy atom. The largest absolute Gasteiger partial charge is 0.373 e. The van der Waals surface area contributed by atoms with E-state index in [2.05, 4.69) is 35.6 Å². The zero-order chi connectivity index (χ0) is 15.5. The van der Waals surface area contributed by atoms with Gasteiger partial charge in [-0.15, -0.1) is 0 Å². The second-order valence-corrected chi connectivity index (χ2v) is 6.93. The second kappa shape index (κ2) is 7.35. The minimum absolute atomic E-state index is 0.0510. The van der Waals surface area contributed by atoms with Crippen LogP contribution in [0, 0.1) is 0 Å². The van der Waals surface area contributed by atoms with Crippen LogP contribution in [-0.4, -0.2) is 99.2 Å². The molecule has 6 heteroatoms. The molecular weight excluding hydrogens is 270 g/mol. The van der Waals surface area contributed by atoms with Crippen LogP contribution in [0.2, 0.25) is 0 Å². The van der Waals surface area contributed by atoms with Crippen molar-refractivity contribution in [1.82, 2.24) is 14.7 Å². The van der Waals surface area contributed by atoms with Gasteiger partial charge in [0.05, 0.1) is 24.9 Å². The fourth-order valence-electron chi connectivity index (χ4n) is 3.05. The molecule has 6 nitrogen and oxygen atoms in total. The van der Waals surface area contributed by atoms with Crippen molar-refractivity contribution < 1.29 is 14.6 Å². The molecule has 0 saturated carbocycles. The third kappa shape index (κ3) is 5.16. The molecule has 2 aliphatic heterocycles. The first-order valence-corrected chi connectivity index (χ1v) is 7.90. The Labute approximate surface area is 128 Å². The molecule has 0 amide bonds. The van der Waals surface area contributed by atoms with Crippen LogP contribution in [0.5, 0.6) is 0 Å². The molecule has 0 aromatic carbocycles. The van der Waals surface area contributed by atoms with E-state index in [0.717, 1.165) is 45.9 Å². The lowest BCUT2D eigenvalue weighted by Crippen LogP contribution is -2.55. The van der Waals surface area contributed by atoms with Gasteiger partial charge >= 0.3 is 0 Å². The van der Waals surface area contributed by atoms with Gasteiger partial charge in [0, 0.05) is 39.3 Å². The van der Waals surface area contributed by atoms with E-state index in [4.69, 9.17) is 9.47 Å². The number of nitrogens with zero attached hydrogens (tertiary/aromatic N) is 3. The van der Waals surface area contributed by atoms with Crippen molar-refractivity contribution in [2.75, 3.05) is 66.6 Å². The van der Waals surface area contributed by atoms with Crippen molar-refractivity contribution in [3.63, 3.8) is 0 Å². The number of morpholine rings is 1. The summed E-state index contributed by atoms with van der Waals surface area (Å²) in [4.78, 5) is 6.63. The van der Waals surface area contributed by atoms with Crippen molar-refractivity contribution in [2.45, 2.75) is 31.8 Å². The summed E-state index contributed by atoms with van der Waals surface area (Å²) in [6.45, 7) is 10.8. The highest BCUT2D eigenvalue weighted by Gasteiger charge is 2.31. The molecule has 0 spiro atoms. The Balaban J connectivity index is 1.70. The van der Waals surface area contributed by atoms with E-state index in [1.54, 1.807) is 0 Å². The van der Waals surface area contributed by atoms with E-state index >= 15 is 0 Å². The molecule has 1 radical (unpaired) electrons. The highest BCUT2D eigenvalue weighted by atomic mass is 16.6. The molecule has 0 aliphatic carbocycles. The summed E-state index contributed by atoms with van der Waals surface area (Å²) in [7, 11) is 4.07. The minimum Gasteiger partial charge on any atom is -0.373 e. The van der Waals surface area contributed by atoms with Gasteiger partial charge in [-0.2, -0.15) is 5.11 Å². The van der Waals surface area contributed by atoms with Crippen LogP contribution in [0.3, 0.4) is 0 Å². The molecule has 2 unspecified atom stereocenters. The molecule has 0 aromatic rings. The van der Waals surface area contributed by atoms with E-state index in [-0.39, 0.29) is 11.6 Å². The van der Waals surface area contributed by atoms with Crippen molar-refractivity contribution in [3.8, 4) is 0 Å². The first-order chi connectivity index (χ1) is 9.87. The van der Waals surface area contributed by atoms with Gasteiger partial charge < -0.3 is 14.4 Å². The van der Waals surface area contributed by atoms with Crippen LogP contribution in [0.1, 0.15) is 13.8 Å². The number of hydrogen-bond donors (Lipinski definition) is 0. The van der Waals surface area contributed by atoms with Gasteiger partial charge in [-0.1, -0.05) is 0 Å². The van der Waals surface area contributed by atoms with Crippen molar-refractivity contribution in [3.05, 3.63) is 0 Å². The lowest BCUT2D eigenvalue weighted by molar-refractivity contribution is -0.189. The SMILES string of the molecule is CN1CCN(C)C(C([O])OCCN2CCOC(C)(C)C2)C1. The Bertz CT molecular complexity index is 327. The summed E-state index contributed by atoms with van der Waals surface area (Å²) in [5, 5.41) is 12.3. The Hall–Kier alpha value is -0.240. The molecular formula is C15H30N3O3. The van der Waals surface area contributed by atoms with Gasteiger partial charge in [0.25, 0.3) is 0 Å². The van der Waals surface area contributed by atoms with Crippen LogP contribution < -0.4 is 0 Å². The van der Waals surface area contributed by atoms with E-state index < -0.39 is 6.29 Å². The minimum atomic E-state index is -0.966. The van der Waals surface area contributed by atoms with Crippen LogP contribution in [0.4, 0.5) is 0 Å². The molecule has 2 heterocycles. The third-order valence-corrected chi connectivity index (χ3v) is 4.41. The highest BCUT2D eigenvalue weighted by molar-refractivity contribution is 4.81. The average molecular weight is 300 g/mol. The monoisotopic (exact) mass is 300 g/mol. The maximum atomic E-state index is 12.3. The van der Waals surface area contributed by atoms with Crippen molar-refractivity contribution in [1.29, 1.82) is 0 Å². The zero-order valence-corrected chi connectivity index (χ0v) is 13.9. The number of rotatable bonds is 5. The maximum Gasteiger partial charge on any atom is 0.208 e. The van der Waals surface area contributed by atoms with E-state index in [1.165, 1.54) is 0 Å². The van der Waals surface area contributed by atoms with Gasteiger partial charge in [0.2, 0.25) is 6.29 Å². The van der Waals surface area contributed by atoms with E-state index in [9.17, 15) is 5.11 Å². The summed E-state index contributed by atoms with van der Waals surface area (Å²) in [5.74, 6) is 0. The maximum absolute atomic E-state index is 12.3. The summed E-state index contributed by atoms with van der Waals surface area (Å²) in [6, 6.07) is -0.0510. The fourth-order valence-corrected chi connectivity index (χ4v) is 3.05. The smallest absolute Gasteiger partial charge is 0.208 e. The van der Waals surface area contributed by atoms with E-state index in [1.807, 2.05) is 7.05 Å². The third-order valence-electron chi connectivity index (χ3n) is 4.41. The van der Waals surface area contributed by atoms with Crippen molar-refractivity contribution >= 4 is 0 Å². The predicted octanol–water partition coefficient (Wildman–Crippen LogP) is 0.116. The molecule has 2 saturated heterocycles. The van der Waals surface area contributed by atoms with Gasteiger partial charge in [-0.25, -0.2) is 0 Å². The lowest BCUT2D eigenvalue weighted by atomic mass is 10.1.